The number of methoxy groups -OCH3 is 1. The van der Waals surface area contributed by atoms with E-state index in [2.05, 4.69) is 9.98 Å². The second kappa shape index (κ2) is 7.32. The third-order valence-electron chi connectivity index (χ3n) is 5.42. The number of benzene rings is 3. The lowest BCUT2D eigenvalue weighted by Gasteiger charge is -2.11. The van der Waals surface area contributed by atoms with E-state index in [9.17, 15) is 13.6 Å². The molecule has 31 heavy (non-hydrogen) atoms. The average molecular weight is 415 g/mol. The van der Waals surface area contributed by atoms with E-state index in [1.54, 1.807) is 24.3 Å². The van der Waals surface area contributed by atoms with Crippen molar-refractivity contribution in [3.05, 3.63) is 101 Å². The van der Waals surface area contributed by atoms with Gasteiger partial charge in [-0.3, -0.25) is 0 Å². The third-order valence-corrected chi connectivity index (χ3v) is 5.42. The second-order valence-corrected chi connectivity index (χ2v) is 7.23. The summed E-state index contributed by atoms with van der Waals surface area (Å²) in [5, 5.41) is 0.852. The van der Waals surface area contributed by atoms with Crippen LogP contribution in [0.15, 0.2) is 66.9 Å². The van der Waals surface area contributed by atoms with Crippen LogP contribution in [0.5, 0.6) is 0 Å². The number of aromatic amines is 1. The third kappa shape index (κ3) is 3.22. The van der Waals surface area contributed by atoms with Gasteiger partial charge in [0.05, 0.1) is 23.8 Å². The Kier molecular flexibility index (Phi) is 4.47. The molecule has 6 heteroatoms. The zero-order valence-electron chi connectivity index (χ0n) is 16.5. The minimum absolute atomic E-state index is 0.326. The van der Waals surface area contributed by atoms with E-state index in [1.165, 1.54) is 31.4 Å². The van der Waals surface area contributed by atoms with Gasteiger partial charge in [0, 0.05) is 34.3 Å². The van der Waals surface area contributed by atoms with Gasteiger partial charge in [0.25, 0.3) is 0 Å². The van der Waals surface area contributed by atoms with Crippen molar-refractivity contribution in [2.75, 3.05) is 7.11 Å². The first kappa shape index (κ1) is 18.9. The molecule has 4 aromatic rings. The highest BCUT2D eigenvalue weighted by atomic mass is 19.1. The lowest BCUT2D eigenvalue weighted by molar-refractivity contribution is -0.343. The Morgan fingerprint density at radius 1 is 0.935 bits per heavy atom. The van der Waals surface area contributed by atoms with Crippen molar-refractivity contribution in [3.63, 3.8) is 0 Å². The fourth-order valence-corrected chi connectivity index (χ4v) is 3.96. The summed E-state index contributed by atoms with van der Waals surface area (Å²) < 4.78 is 32.3. The summed E-state index contributed by atoms with van der Waals surface area (Å²) in [6.07, 6.45) is 3.66. The average Bonchev–Trinajstić information content (AvgIpc) is 3.38. The number of carbonyl (C=O) groups excluding carboxylic acids is 1. The van der Waals surface area contributed by atoms with Crippen LogP contribution in [0, 0.1) is 11.6 Å². The molecule has 152 valence electrons. The van der Waals surface area contributed by atoms with Gasteiger partial charge in [0.1, 0.15) is 11.6 Å². The molecule has 0 atom stereocenters. The molecule has 4 nitrogen and oxygen atoms in total. The molecular formula is C25H17F2N2O2+. The number of allylic oxidation sites excluding steroid dienone is 1. The molecule has 2 heterocycles. The van der Waals surface area contributed by atoms with Gasteiger partial charge in [0.15, 0.2) is 6.21 Å². The van der Waals surface area contributed by atoms with Gasteiger partial charge in [-0.1, -0.05) is 12.1 Å². The molecule has 5 rings (SSSR count). The first-order valence-electron chi connectivity index (χ1n) is 9.65. The van der Waals surface area contributed by atoms with Gasteiger partial charge < -0.3 is 9.72 Å². The number of carbonyl (C=O) groups is 1. The maximum Gasteiger partial charge on any atom is 0.337 e. The van der Waals surface area contributed by atoms with E-state index in [-0.39, 0.29) is 11.6 Å². The Morgan fingerprint density at radius 2 is 1.65 bits per heavy atom. The molecule has 0 saturated carbocycles. The van der Waals surface area contributed by atoms with Crippen molar-refractivity contribution >= 4 is 39.9 Å². The number of fused-ring (bicyclic) bond motifs is 2. The summed E-state index contributed by atoms with van der Waals surface area (Å²) in [4.78, 5) is 18.1. The number of hydrogen-bond donors (Lipinski definition) is 2. The topological polar surface area (TPSA) is 56.1 Å². The fourth-order valence-electron chi connectivity index (χ4n) is 3.96. The number of hydrogen-bond acceptors (Lipinski definition) is 2. The highest BCUT2D eigenvalue weighted by Crippen LogP contribution is 2.38. The van der Waals surface area contributed by atoms with Crippen molar-refractivity contribution in [2.45, 2.75) is 0 Å². The van der Waals surface area contributed by atoms with E-state index < -0.39 is 5.97 Å². The van der Waals surface area contributed by atoms with Gasteiger partial charge >= 0.3 is 5.97 Å². The normalized spacial score (nSPS) is 14.0. The standard InChI is InChI=1S/C25H16F2N2O2/c1-31-25(30)15-4-2-14(3-5-15)24(20-12-28-22-10-16(26)6-8-18(20)22)21-13-29-23-11-17(27)7-9-19(21)23/h2-13,28H,1H3/p+1. The first-order chi connectivity index (χ1) is 15.0. The number of ether oxygens (including phenoxy) is 1. The molecule has 0 unspecified atom stereocenters. The fraction of sp³-hybridized carbons (Fsp3) is 0.0400. The van der Waals surface area contributed by atoms with Crippen LogP contribution in [0.3, 0.4) is 0 Å². The van der Waals surface area contributed by atoms with Crippen molar-refractivity contribution in [1.29, 1.82) is 0 Å². The molecule has 0 aliphatic carbocycles. The number of halogens is 2. The summed E-state index contributed by atoms with van der Waals surface area (Å²) in [6, 6.07) is 16.3. The van der Waals surface area contributed by atoms with Crippen LogP contribution >= 0.6 is 0 Å². The minimum Gasteiger partial charge on any atom is -0.465 e. The van der Waals surface area contributed by atoms with Crippen LogP contribution < -0.4 is 4.99 Å². The van der Waals surface area contributed by atoms with E-state index in [0.29, 0.717) is 16.8 Å². The zero-order valence-corrected chi connectivity index (χ0v) is 16.5. The Labute approximate surface area is 176 Å². The van der Waals surface area contributed by atoms with Gasteiger partial charge in [-0.2, -0.15) is 0 Å². The summed E-state index contributed by atoms with van der Waals surface area (Å²) in [6.45, 7) is 0. The molecule has 0 saturated heterocycles. The Morgan fingerprint density at radius 3 is 2.42 bits per heavy atom. The molecule has 1 aliphatic heterocycles. The molecule has 3 aromatic carbocycles. The molecular weight excluding hydrogens is 398 g/mol. The van der Waals surface area contributed by atoms with Crippen LogP contribution in [-0.2, 0) is 4.74 Å². The Balaban J connectivity index is 1.77. The number of aromatic nitrogens is 1. The largest absolute Gasteiger partial charge is 0.465 e. The molecule has 0 bridgehead atoms. The van der Waals surface area contributed by atoms with Gasteiger partial charge in [-0.25, -0.2) is 18.6 Å². The first-order valence-corrected chi connectivity index (χ1v) is 9.65. The Bertz CT molecular complexity index is 1400. The van der Waals surface area contributed by atoms with Crippen LogP contribution in [0.1, 0.15) is 27.0 Å². The van der Waals surface area contributed by atoms with Crippen LogP contribution in [0.2, 0.25) is 0 Å². The lowest BCUT2D eigenvalue weighted by atomic mass is 9.89. The van der Waals surface area contributed by atoms with Gasteiger partial charge in [-0.15, -0.1) is 0 Å². The van der Waals surface area contributed by atoms with Gasteiger partial charge in [-0.05, 0) is 48.0 Å². The summed E-state index contributed by atoms with van der Waals surface area (Å²) in [5.41, 5.74) is 6.08. The van der Waals surface area contributed by atoms with E-state index in [4.69, 9.17) is 4.74 Å². The highest BCUT2D eigenvalue weighted by molar-refractivity contribution is 6.24. The van der Waals surface area contributed by atoms with E-state index >= 15 is 0 Å². The summed E-state index contributed by atoms with van der Waals surface area (Å²) in [7, 11) is 1.34. The summed E-state index contributed by atoms with van der Waals surface area (Å²) >= 11 is 0. The van der Waals surface area contributed by atoms with E-state index in [0.717, 1.165) is 33.2 Å². The minimum atomic E-state index is -0.418. The number of esters is 1. The smallest absolute Gasteiger partial charge is 0.337 e. The quantitative estimate of drug-likeness (QED) is 0.497. The number of H-pyrrole nitrogens is 1. The van der Waals surface area contributed by atoms with E-state index in [1.807, 2.05) is 24.5 Å². The van der Waals surface area contributed by atoms with Gasteiger partial charge in [0.2, 0.25) is 5.69 Å². The number of rotatable bonds is 3. The zero-order chi connectivity index (χ0) is 21.5. The molecule has 2 N–H and O–H groups in total. The SMILES string of the molecule is COC(=O)c1ccc(C(=C2C=[NH+]c3cc(F)ccc32)c2c[nH]c3cc(F)ccc23)cc1. The maximum atomic E-state index is 13.7. The second-order valence-electron chi connectivity index (χ2n) is 7.23. The number of nitrogens with one attached hydrogen (secondary N) is 2. The monoisotopic (exact) mass is 415 g/mol. The van der Waals surface area contributed by atoms with Crippen LogP contribution in [-0.4, -0.2) is 24.3 Å². The molecule has 0 spiro atoms. The molecule has 0 amide bonds. The van der Waals surface area contributed by atoms with Crippen molar-refractivity contribution in [1.82, 2.24) is 4.98 Å². The maximum absolute atomic E-state index is 13.7. The van der Waals surface area contributed by atoms with Crippen molar-refractivity contribution in [2.24, 2.45) is 0 Å². The Hall–Kier alpha value is -4.06. The van der Waals surface area contributed by atoms with Crippen LogP contribution in [0.4, 0.5) is 14.5 Å². The lowest BCUT2D eigenvalue weighted by Crippen LogP contribution is -2.58. The van der Waals surface area contributed by atoms with Crippen molar-refractivity contribution < 1.29 is 23.3 Å². The molecule has 0 fully saturated rings. The van der Waals surface area contributed by atoms with Crippen molar-refractivity contribution in [3.8, 4) is 0 Å². The molecule has 1 aliphatic rings. The molecule has 0 radical (unpaired) electrons. The predicted molar refractivity (Wildman–Crippen MR) is 115 cm³/mol. The predicted octanol–water partition coefficient (Wildman–Crippen LogP) is 3.99. The molecule has 1 aromatic heterocycles. The van der Waals surface area contributed by atoms with Crippen LogP contribution in [0.25, 0.3) is 22.0 Å². The summed E-state index contributed by atoms with van der Waals surface area (Å²) in [5.74, 6) is -1.07. The highest BCUT2D eigenvalue weighted by Gasteiger charge is 2.26.